The van der Waals surface area contributed by atoms with Crippen molar-refractivity contribution in [3.05, 3.63) is 48.3 Å². The molecule has 0 bridgehead atoms. The standard InChI is InChI=1S/C13H10N2O/c1-9(16)12-8-14-15-7-6-10-4-2-3-5-11(10)13(12)15/h2-8H,1H3. The molecule has 0 unspecified atom stereocenters. The van der Waals surface area contributed by atoms with Gasteiger partial charge in [0.2, 0.25) is 0 Å². The van der Waals surface area contributed by atoms with Crippen LogP contribution < -0.4 is 0 Å². The molecule has 1 aromatic carbocycles. The number of rotatable bonds is 1. The van der Waals surface area contributed by atoms with E-state index >= 15 is 0 Å². The Balaban J connectivity index is 2.56. The summed E-state index contributed by atoms with van der Waals surface area (Å²) < 4.78 is 1.75. The van der Waals surface area contributed by atoms with Crippen LogP contribution in [0.1, 0.15) is 17.3 Å². The zero-order chi connectivity index (χ0) is 11.1. The van der Waals surface area contributed by atoms with Crippen molar-refractivity contribution >= 4 is 22.1 Å². The first kappa shape index (κ1) is 9.09. The second-order valence-electron chi connectivity index (χ2n) is 3.81. The van der Waals surface area contributed by atoms with Crippen molar-refractivity contribution in [2.75, 3.05) is 0 Å². The Hall–Kier alpha value is -2.16. The highest BCUT2D eigenvalue weighted by molar-refractivity contribution is 6.09. The van der Waals surface area contributed by atoms with Crippen LogP contribution in [0.4, 0.5) is 0 Å². The third kappa shape index (κ3) is 1.15. The molecule has 0 radical (unpaired) electrons. The van der Waals surface area contributed by atoms with Crippen LogP contribution in [0.15, 0.2) is 42.7 Å². The minimum absolute atomic E-state index is 0.0475. The number of ketones is 1. The normalized spacial score (nSPS) is 11.1. The van der Waals surface area contributed by atoms with Gasteiger partial charge in [-0.15, -0.1) is 0 Å². The molecule has 0 atom stereocenters. The van der Waals surface area contributed by atoms with Gasteiger partial charge in [-0.3, -0.25) is 4.79 Å². The van der Waals surface area contributed by atoms with Crippen LogP contribution >= 0.6 is 0 Å². The topological polar surface area (TPSA) is 34.4 Å². The quantitative estimate of drug-likeness (QED) is 0.579. The lowest BCUT2D eigenvalue weighted by atomic mass is 10.1. The predicted molar refractivity (Wildman–Crippen MR) is 62.7 cm³/mol. The van der Waals surface area contributed by atoms with Gasteiger partial charge in [-0.05, 0) is 18.4 Å². The monoisotopic (exact) mass is 210 g/mol. The summed E-state index contributed by atoms with van der Waals surface area (Å²) in [5.74, 6) is 0.0475. The highest BCUT2D eigenvalue weighted by atomic mass is 16.1. The summed E-state index contributed by atoms with van der Waals surface area (Å²) in [7, 11) is 0. The van der Waals surface area contributed by atoms with Crippen LogP contribution in [0.3, 0.4) is 0 Å². The largest absolute Gasteiger partial charge is 0.294 e. The minimum atomic E-state index is 0.0475. The second-order valence-corrected chi connectivity index (χ2v) is 3.81. The molecule has 2 heterocycles. The molecule has 3 rings (SSSR count). The summed E-state index contributed by atoms with van der Waals surface area (Å²) in [5.41, 5.74) is 1.57. The first-order chi connectivity index (χ1) is 7.77. The molecule has 16 heavy (non-hydrogen) atoms. The highest BCUT2D eigenvalue weighted by Crippen LogP contribution is 2.22. The predicted octanol–water partition coefficient (Wildman–Crippen LogP) is 2.69. The lowest BCUT2D eigenvalue weighted by Crippen LogP contribution is -1.92. The van der Waals surface area contributed by atoms with E-state index in [1.165, 1.54) is 0 Å². The van der Waals surface area contributed by atoms with Gasteiger partial charge < -0.3 is 0 Å². The van der Waals surface area contributed by atoms with Crippen LogP contribution in [0, 0.1) is 0 Å². The van der Waals surface area contributed by atoms with Gasteiger partial charge in [0, 0.05) is 11.6 Å². The maximum Gasteiger partial charge on any atom is 0.163 e. The molecule has 3 heteroatoms. The van der Waals surface area contributed by atoms with Gasteiger partial charge in [0.15, 0.2) is 5.78 Å². The average Bonchev–Trinajstić information content (AvgIpc) is 2.73. The van der Waals surface area contributed by atoms with Crippen LogP contribution in [0.5, 0.6) is 0 Å². The number of fused-ring (bicyclic) bond motifs is 3. The molecular weight excluding hydrogens is 200 g/mol. The number of carbonyl (C=O) groups is 1. The van der Waals surface area contributed by atoms with E-state index in [2.05, 4.69) is 5.10 Å². The summed E-state index contributed by atoms with van der Waals surface area (Å²) in [5, 5.41) is 6.37. The molecule has 2 aromatic heterocycles. The number of benzene rings is 1. The van der Waals surface area contributed by atoms with Crippen molar-refractivity contribution in [3.8, 4) is 0 Å². The van der Waals surface area contributed by atoms with E-state index in [0.29, 0.717) is 5.56 Å². The third-order valence-electron chi connectivity index (χ3n) is 2.79. The summed E-state index contributed by atoms with van der Waals surface area (Å²) in [6.45, 7) is 1.57. The molecule has 0 saturated heterocycles. The molecule has 0 aliphatic carbocycles. The Morgan fingerprint density at radius 3 is 2.88 bits per heavy atom. The van der Waals surface area contributed by atoms with Crippen LogP contribution in [-0.2, 0) is 0 Å². The molecule has 3 nitrogen and oxygen atoms in total. The first-order valence-electron chi connectivity index (χ1n) is 5.13. The van der Waals surface area contributed by atoms with Gasteiger partial charge in [-0.25, -0.2) is 4.52 Å². The number of hydrogen-bond acceptors (Lipinski definition) is 2. The lowest BCUT2D eigenvalue weighted by molar-refractivity contribution is 0.101. The molecule has 78 valence electrons. The minimum Gasteiger partial charge on any atom is -0.294 e. The van der Waals surface area contributed by atoms with Crippen molar-refractivity contribution in [2.24, 2.45) is 0 Å². The van der Waals surface area contributed by atoms with Crippen molar-refractivity contribution in [3.63, 3.8) is 0 Å². The van der Waals surface area contributed by atoms with E-state index in [9.17, 15) is 4.79 Å². The molecule has 0 aliphatic heterocycles. The van der Waals surface area contributed by atoms with E-state index < -0.39 is 0 Å². The number of hydrogen-bond donors (Lipinski definition) is 0. The van der Waals surface area contributed by atoms with Crippen molar-refractivity contribution in [1.82, 2.24) is 9.61 Å². The number of nitrogens with zero attached hydrogens (tertiary/aromatic N) is 2. The van der Waals surface area contributed by atoms with E-state index in [-0.39, 0.29) is 5.78 Å². The maximum absolute atomic E-state index is 11.5. The fraction of sp³-hybridized carbons (Fsp3) is 0.0769. The summed E-state index contributed by atoms with van der Waals surface area (Å²) in [4.78, 5) is 11.5. The fourth-order valence-corrected chi connectivity index (χ4v) is 2.01. The number of carbonyl (C=O) groups excluding carboxylic acids is 1. The van der Waals surface area contributed by atoms with E-state index in [4.69, 9.17) is 0 Å². The van der Waals surface area contributed by atoms with Gasteiger partial charge in [-0.1, -0.05) is 24.3 Å². The Kier molecular flexibility index (Phi) is 1.80. The Morgan fingerprint density at radius 1 is 1.25 bits per heavy atom. The fourth-order valence-electron chi connectivity index (χ4n) is 2.01. The first-order valence-corrected chi connectivity index (χ1v) is 5.13. The smallest absolute Gasteiger partial charge is 0.163 e. The molecule has 0 amide bonds. The maximum atomic E-state index is 11.5. The van der Waals surface area contributed by atoms with Crippen LogP contribution in [0.25, 0.3) is 16.3 Å². The molecular formula is C13H10N2O. The van der Waals surface area contributed by atoms with Crippen molar-refractivity contribution in [1.29, 1.82) is 0 Å². The van der Waals surface area contributed by atoms with E-state index in [1.54, 1.807) is 17.6 Å². The van der Waals surface area contributed by atoms with Gasteiger partial charge in [0.1, 0.15) is 0 Å². The highest BCUT2D eigenvalue weighted by Gasteiger charge is 2.10. The molecule has 0 aliphatic rings. The van der Waals surface area contributed by atoms with Gasteiger partial charge in [0.25, 0.3) is 0 Å². The third-order valence-corrected chi connectivity index (χ3v) is 2.79. The zero-order valence-corrected chi connectivity index (χ0v) is 8.84. The SMILES string of the molecule is CC(=O)c1cnn2ccc3ccccc3c12. The number of aromatic nitrogens is 2. The Bertz CT molecular complexity index is 697. The average molecular weight is 210 g/mol. The summed E-state index contributed by atoms with van der Waals surface area (Å²) >= 11 is 0. The molecule has 0 fully saturated rings. The van der Waals surface area contributed by atoms with Gasteiger partial charge in [0.05, 0.1) is 17.3 Å². The van der Waals surface area contributed by atoms with Crippen LogP contribution in [0.2, 0.25) is 0 Å². The summed E-state index contributed by atoms with van der Waals surface area (Å²) in [6.07, 6.45) is 3.51. The number of Topliss-reactive ketones (excluding diaryl/α,β-unsaturated/α-hetero) is 1. The van der Waals surface area contributed by atoms with E-state index in [1.807, 2.05) is 36.5 Å². The molecule has 0 spiro atoms. The lowest BCUT2D eigenvalue weighted by Gasteiger charge is -2.01. The van der Waals surface area contributed by atoms with Crippen molar-refractivity contribution < 1.29 is 4.79 Å². The zero-order valence-electron chi connectivity index (χ0n) is 8.84. The molecule has 3 aromatic rings. The second kappa shape index (κ2) is 3.17. The van der Waals surface area contributed by atoms with Gasteiger partial charge >= 0.3 is 0 Å². The molecule has 0 saturated carbocycles. The van der Waals surface area contributed by atoms with Crippen molar-refractivity contribution in [2.45, 2.75) is 6.92 Å². The van der Waals surface area contributed by atoms with E-state index in [0.717, 1.165) is 16.3 Å². The van der Waals surface area contributed by atoms with Gasteiger partial charge in [-0.2, -0.15) is 5.10 Å². The summed E-state index contributed by atoms with van der Waals surface area (Å²) in [6, 6.07) is 10.0. The van der Waals surface area contributed by atoms with Crippen LogP contribution in [-0.4, -0.2) is 15.4 Å². The Labute approximate surface area is 92.3 Å². The Morgan fingerprint density at radius 2 is 2.06 bits per heavy atom. The number of pyridine rings is 1. The molecule has 0 N–H and O–H groups in total.